The van der Waals surface area contributed by atoms with Crippen molar-refractivity contribution in [2.24, 2.45) is 0 Å². The van der Waals surface area contributed by atoms with E-state index in [1.807, 2.05) is 0 Å². The smallest absolute Gasteiger partial charge is 0.416 e. The number of halogens is 3. The Morgan fingerprint density at radius 1 is 1.19 bits per heavy atom. The van der Waals surface area contributed by atoms with Crippen LogP contribution in [0.15, 0.2) is 52.9 Å². The molecule has 164 valence electrons. The van der Waals surface area contributed by atoms with Crippen LogP contribution < -0.4 is 15.4 Å². The van der Waals surface area contributed by atoms with Gasteiger partial charge in [0.1, 0.15) is 18.5 Å². The normalized spacial score (nSPS) is 12.3. The summed E-state index contributed by atoms with van der Waals surface area (Å²) in [5.74, 6) is 0.763. The molecule has 1 unspecified atom stereocenters. The molecule has 0 saturated heterocycles. The number of aromatic nitrogens is 2. The number of aliphatic hydroxyl groups is 1. The second-order valence-electron chi connectivity index (χ2n) is 6.53. The van der Waals surface area contributed by atoms with Crippen LogP contribution in [0.2, 0.25) is 0 Å². The van der Waals surface area contributed by atoms with E-state index in [0.29, 0.717) is 23.0 Å². The van der Waals surface area contributed by atoms with Gasteiger partial charge < -0.3 is 24.9 Å². The molecule has 1 atom stereocenters. The number of ether oxygens (including phenoxy) is 1. The van der Waals surface area contributed by atoms with Crippen molar-refractivity contribution in [3.05, 3.63) is 60.0 Å². The second kappa shape index (κ2) is 9.47. The number of nitrogens with one attached hydrogen (secondary N) is 2. The van der Waals surface area contributed by atoms with Gasteiger partial charge in [0.05, 0.1) is 5.56 Å². The minimum atomic E-state index is -4.49. The second-order valence-corrected chi connectivity index (χ2v) is 6.53. The molecule has 0 aliphatic carbocycles. The van der Waals surface area contributed by atoms with Crippen molar-refractivity contribution >= 4 is 11.7 Å². The molecular formula is C20H19F3N4O4. The summed E-state index contributed by atoms with van der Waals surface area (Å²) in [6.45, 7) is 1.22. The van der Waals surface area contributed by atoms with Crippen LogP contribution in [0, 0.1) is 6.92 Å². The number of hydrogen-bond donors (Lipinski definition) is 3. The Morgan fingerprint density at radius 3 is 2.58 bits per heavy atom. The van der Waals surface area contributed by atoms with Crippen molar-refractivity contribution in [3.8, 4) is 17.2 Å². The van der Waals surface area contributed by atoms with Gasteiger partial charge in [-0.2, -0.15) is 13.2 Å². The molecule has 3 N–H and O–H groups in total. The van der Waals surface area contributed by atoms with Gasteiger partial charge in [-0.15, -0.1) is 10.2 Å². The lowest BCUT2D eigenvalue weighted by Crippen LogP contribution is -2.37. The van der Waals surface area contributed by atoms with Gasteiger partial charge in [0.15, 0.2) is 0 Å². The summed E-state index contributed by atoms with van der Waals surface area (Å²) >= 11 is 0. The Hall–Kier alpha value is -3.60. The largest absolute Gasteiger partial charge is 0.491 e. The third-order valence-corrected chi connectivity index (χ3v) is 4.02. The van der Waals surface area contributed by atoms with Crippen LogP contribution in [0.1, 0.15) is 11.5 Å². The SMILES string of the molecule is Cc1nnc(-c2ccc(NC(=O)NCC(O)COc3cccc(C(F)(F)F)c3)cc2)o1. The van der Waals surface area contributed by atoms with Crippen LogP contribution in [0.4, 0.5) is 23.7 Å². The number of amides is 2. The molecule has 3 aromatic rings. The summed E-state index contributed by atoms with van der Waals surface area (Å²) < 4.78 is 48.6. The zero-order valence-corrected chi connectivity index (χ0v) is 16.3. The number of nitrogens with zero attached hydrogens (tertiary/aromatic N) is 2. The lowest BCUT2D eigenvalue weighted by Gasteiger charge is -2.15. The summed E-state index contributed by atoms with van der Waals surface area (Å²) in [5, 5.41) is 22.6. The molecule has 0 saturated carbocycles. The summed E-state index contributed by atoms with van der Waals surface area (Å²) in [6.07, 6.45) is -5.61. The highest BCUT2D eigenvalue weighted by atomic mass is 19.4. The quantitative estimate of drug-likeness (QED) is 0.522. The predicted octanol–water partition coefficient (Wildman–Crippen LogP) is 3.63. The standard InChI is InChI=1S/C20H19F3N4O4/c1-12-26-27-18(31-12)13-5-7-15(8-6-13)25-19(29)24-10-16(28)11-30-17-4-2-3-14(9-17)20(21,22)23/h2-9,16,28H,10-11H2,1H3,(H2,24,25,29). The molecule has 0 aliphatic rings. The van der Waals surface area contributed by atoms with Gasteiger partial charge in [0.25, 0.3) is 0 Å². The first kappa shape index (κ1) is 22.1. The van der Waals surface area contributed by atoms with Gasteiger partial charge in [-0.05, 0) is 42.5 Å². The Bertz CT molecular complexity index is 1020. The number of benzene rings is 2. The molecule has 3 rings (SSSR count). The molecule has 1 heterocycles. The van der Waals surface area contributed by atoms with E-state index in [4.69, 9.17) is 9.15 Å². The summed E-state index contributed by atoms with van der Waals surface area (Å²) in [5.41, 5.74) is 0.332. The van der Waals surface area contributed by atoms with Crippen LogP contribution in [-0.4, -0.2) is 40.6 Å². The topological polar surface area (TPSA) is 110 Å². The van der Waals surface area contributed by atoms with Crippen LogP contribution in [0.3, 0.4) is 0 Å². The number of carbonyl (C=O) groups excluding carboxylic acids is 1. The molecule has 0 aliphatic heterocycles. The Balaban J connectivity index is 1.43. The molecule has 0 fully saturated rings. The first-order chi connectivity index (χ1) is 14.7. The van der Waals surface area contributed by atoms with E-state index in [-0.39, 0.29) is 18.9 Å². The highest BCUT2D eigenvalue weighted by molar-refractivity contribution is 5.89. The maximum Gasteiger partial charge on any atom is 0.416 e. The van der Waals surface area contributed by atoms with Gasteiger partial charge in [-0.25, -0.2) is 4.79 Å². The molecule has 8 nitrogen and oxygen atoms in total. The van der Waals surface area contributed by atoms with E-state index in [1.165, 1.54) is 12.1 Å². The molecule has 0 spiro atoms. The van der Waals surface area contributed by atoms with E-state index in [1.54, 1.807) is 31.2 Å². The molecule has 2 aromatic carbocycles. The van der Waals surface area contributed by atoms with Crippen LogP contribution in [0.5, 0.6) is 5.75 Å². The number of hydrogen-bond acceptors (Lipinski definition) is 6. The van der Waals surface area contributed by atoms with E-state index >= 15 is 0 Å². The Labute approximate surface area is 175 Å². The fraction of sp³-hybridized carbons (Fsp3) is 0.250. The van der Waals surface area contributed by atoms with Crippen molar-refractivity contribution in [2.45, 2.75) is 19.2 Å². The van der Waals surface area contributed by atoms with E-state index < -0.39 is 23.9 Å². The highest BCUT2D eigenvalue weighted by Crippen LogP contribution is 2.31. The lowest BCUT2D eigenvalue weighted by atomic mass is 10.2. The number of anilines is 1. The first-order valence-corrected chi connectivity index (χ1v) is 9.14. The van der Waals surface area contributed by atoms with Gasteiger partial charge in [-0.3, -0.25) is 0 Å². The molecule has 1 aromatic heterocycles. The van der Waals surface area contributed by atoms with Crippen molar-refractivity contribution in [2.75, 3.05) is 18.5 Å². The number of aliphatic hydroxyl groups excluding tert-OH is 1. The van der Waals surface area contributed by atoms with Gasteiger partial charge in [0.2, 0.25) is 11.8 Å². The first-order valence-electron chi connectivity index (χ1n) is 9.14. The van der Waals surface area contributed by atoms with Crippen molar-refractivity contribution in [3.63, 3.8) is 0 Å². The van der Waals surface area contributed by atoms with Crippen LogP contribution in [-0.2, 0) is 6.18 Å². The number of aryl methyl sites for hydroxylation is 1. The maximum absolute atomic E-state index is 12.7. The third-order valence-electron chi connectivity index (χ3n) is 4.02. The minimum absolute atomic E-state index is 0.0325. The fourth-order valence-corrected chi connectivity index (χ4v) is 2.51. The number of carbonyl (C=O) groups is 1. The number of urea groups is 1. The van der Waals surface area contributed by atoms with Gasteiger partial charge in [0, 0.05) is 24.7 Å². The maximum atomic E-state index is 12.7. The molecular weight excluding hydrogens is 417 g/mol. The fourth-order valence-electron chi connectivity index (χ4n) is 2.51. The summed E-state index contributed by atoms with van der Waals surface area (Å²) in [4.78, 5) is 12.0. The van der Waals surface area contributed by atoms with Crippen LogP contribution >= 0.6 is 0 Å². The monoisotopic (exact) mass is 436 g/mol. The third kappa shape index (κ3) is 6.44. The van der Waals surface area contributed by atoms with Crippen molar-refractivity contribution < 1.29 is 32.2 Å². The van der Waals surface area contributed by atoms with E-state index in [9.17, 15) is 23.1 Å². The molecule has 0 radical (unpaired) electrons. The lowest BCUT2D eigenvalue weighted by molar-refractivity contribution is -0.137. The molecule has 31 heavy (non-hydrogen) atoms. The van der Waals surface area contributed by atoms with E-state index in [2.05, 4.69) is 20.8 Å². The average molecular weight is 436 g/mol. The zero-order valence-electron chi connectivity index (χ0n) is 16.3. The Kier molecular flexibility index (Phi) is 6.75. The molecule has 0 bridgehead atoms. The summed E-state index contributed by atoms with van der Waals surface area (Å²) in [6, 6.07) is 10.4. The predicted molar refractivity (Wildman–Crippen MR) is 104 cm³/mol. The molecule has 11 heteroatoms. The van der Waals surface area contributed by atoms with Crippen LogP contribution in [0.25, 0.3) is 11.5 Å². The van der Waals surface area contributed by atoms with Gasteiger partial charge >= 0.3 is 12.2 Å². The number of rotatable bonds is 7. The minimum Gasteiger partial charge on any atom is -0.491 e. The summed E-state index contributed by atoms with van der Waals surface area (Å²) in [7, 11) is 0. The van der Waals surface area contributed by atoms with E-state index in [0.717, 1.165) is 12.1 Å². The van der Waals surface area contributed by atoms with Gasteiger partial charge in [-0.1, -0.05) is 6.07 Å². The average Bonchev–Trinajstić information content (AvgIpc) is 3.17. The number of alkyl halides is 3. The highest BCUT2D eigenvalue weighted by Gasteiger charge is 2.30. The Morgan fingerprint density at radius 2 is 1.94 bits per heavy atom. The van der Waals surface area contributed by atoms with Crippen molar-refractivity contribution in [1.29, 1.82) is 0 Å². The molecule has 2 amide bonds. The van der Waals surface area contributed by atoms with Crippen molar-refractivity contribution in [1.82, 2.24) is 15.5 Å². The zero-order chi connectivity index (χ0) is 22.4.